The van der Waals surface area contributed by atoms with Gasteiger partial charge in [0.25, 0.3) is 0 Å². The molecule has 0 aromatic carbocycles. The maximum Gasteiger partial charge on any atom is 0.108 e. The highest BCUT2D eigenvalue weighted by atomic mass is 15.4. The summed E-state index contributed by atoms with van der Waals surface area (Å²) in [6.07, 6.45) is 5.56. The number of aromatic nitrogens is 4. The van der Waals surface area contributed by atoms with Crippen molar-refractivity contribution in [2.75, 3.05) is 18.4 Å². The van der Waals surface area contributed by atoms with E-state index >= 15 is 0 Å². The van der Waals surface area contributed by atoms with Crippen molar-refractivity contribution in [3.63, 3.8) is 0 Å². The van der Waals surface area contributed by atoms with Crippen molar-refractivity contribution in [2.24, 2.45) is 0 Å². The van der Waals surface area contributed by atoms with Crippen LogP contribution < -0.4 is 5.32 Å². The average molecular weight is 288 g/mol. The Morgan fingerprint density at radius 3 is 2.71 bits per heavy atom. The van der Waals surface area contributed by atoms with Crippen molar-refractivity contribution in [1.82, 2.24) is 24.9 Å². The molecule has 0 aliphatic carbocycles. The lowest BCUT2D eigenvalue weighted by molar-refractivity contribution is 0.292. The smallest absolute Gasteiger partial charge is 0.108 e. The van der Waals surface area contributed by atoms with Gasteiger partial charge in [-0.15, -0.1) is 5.10 Å². The number of nitrogens with zero attached hydrogens (tertiary/aromatic N) is 5. The number of hydrogen-bond acceptors (Lipinski definition) is 5. The first kappa shape index (κ1) is 15.4. The molecule has 0 fully saturated rings. The van der Waals surface area contributed by atoms with Crippen LogP contribution in [0.15, 0.2) is 24.7 Å². The van der Waals surface area contributed by atoms with Crippen LogP contribution >= 0.6 is 0 Å². The largest absolute Gasteiger partial charge is 0.381 e. The van der Waals surface area contributed by atoms with E-state index in [-0.39, 0.29) is 0 Å². The Morgan fingerprint density at radius 2 is 2.05 bits per heavy atom. The van der Waals surface area contributed by atoms with E-state index in [2.05, 4.69) is 53.2 Å². The molecule has 0 atom stereocenters. The van der Waals surface area contributed by atoms with Crippen molar-refractivity contribution in [2.45, 2.75) is 40.3 Å². The van der Waals surface area contributed by atoms with Gasteiger partial charge in [0.05, 0.1) is 23.8 Å². The first-order valence-electron chi connectivity index (χ1n) is 7.48. The number of hydrogen-bond donors (Lipinski definition) is 1. The molecule has 6 heteroatoms. The van der Waals surface area contributed by atoms with Gasteiger partial charge in [0.2, 0.25) is 0 Å². The first-order valence-corrected chi connectivity index (χ1v) is 7.48. The van der Waals surface area contributed by atoms with Gasteiger partial charge < -0.3 is 5.32 Å². The molecule has 0 saturated carbocycles. The summed E-state index contributed by atoms with van der Waals surface area (Å²) in [7, 11) is 0. The highest BCUT2D eigenvalue weighted by Crippen LogP contribution is 2.19. The summed E-state index contributed by atoms with van der Waals surface area (Å²) in [5, 5.41) is 11.9. The predicted octanol–water partition coefficient (Wildman–Crippen LogP) is 2.32. The normalized spacial score (nSPS) is 11.3. The van der Waals surface area contributed by atoms with Crippen LogP contribution in [-0.2, 0) is 6.54 Å². The zero-order chi connectivity index (χ0) is 15.2. The van der Waals surface area contributed by atoms with Crippen molar-refractivity contribution in [1.29, 1.82) is 0 Å². The third-order valence-electron chi connectivity index (χ3n) is 3.31. The second kappa shape index (κ2) is 7.17. The fraction of sp³-hybridized carbons (Fsp3) is 0.533. The van der Waals surface area contributed by atoms with E-state index in [1.165, 1.54) is 0 Å². The van der Waals surface area contributed by atoms with E-state index in [4.69, 9.17) is 0 Å². The Hall–Kier alpha value is -1.95. The van der Waals surface area contributed by atoms with Crippen LogP contribution in [0.1, 0.15) is 33.4 Å². The lowest BCUT2D eigenvalue weighted by Crippen LogP contribution is -2.22. The zero-order valence-corrected chi connectivity index (χ0v) is 13.2. The van der Waals surface area contributed by atoms with E-state index < -0.39 is 0 Å². The van der Waals surface area contributed by atoms with Crippen LogP contribution in [0.4, 0.5) is 5.69 Å². The minimum atomic E-state index is 0.352. The van der Waals surface area contributed by atoms with Gasteiger partial charge in [0.1, 0.15) is 5.69 Å². The number of nitrogens with one attached hydrogen (secondary N) is 1. The van der Waals surface area contributed by atoms with Crippen LogP contribution in [0.5, 0.6) is 0 Å². The molecule has 1 N–H and O–H groups in total. The fourth-order valence-corrected chi connectivity index (χ4v) is 2.17. The summed E-state index contributed by atoms with van der Waals surface area (Å²) < 4.78 is 1.79. The molecule has 0 saturated heterocycles. The van der Waals surface area contributed by atoms with Crippen molar-refractivity contribution in [3.8, 4) is 5.69 Å². The second-order valence-electron chi connectivity index (χ2n) is 5.31. The van der Waals surface area contributed by atoms with Gasteiger partial charge in [-0.2, -0.15) is 0 Å². The number of anilines is 1. The molecular weight excluding hydrogens is 264 g/mol. The molecule has 6 nitrogen and oxygen atoms in total. The maximum absolute atomic E-state index is 4.26. The van der Waals surface area contributed by atoms with Crippen molar-refractivity contribution < 1.29 is 0 Å². The standard InChI is InChI=1S/C15H24N6/c1-5-20(6-2)10-13-11-21(19-18-13)15-9-16-8-7-14(15)17-12(3)4/h7-9,11-12H,5-6,10H2,1-4H3,(H,16,17). The van der Waals surface area contributed by atoms with Crippen LogP contribution in [0.25, 0.3) is 5.69 Å². The Kier molecular flexibility index (Phi) is 5.27. The quantitative estimate of drug-likeness (QED) is 0.847. The van der Waals surface area contributed by atoms with Gasteiger partial charge in [0, 0.05) is 18.8 Å². The van der Waals surface area contributed by atoms with Gasteiger partial charge in [-0.1, -0.05) is 19.1 Å². The molecular formula is C15H24N6. The van der Waals surface area contributed by atoms with Crippen molar-refractivity contribution >= 4 is 5.69 Å². The molecule has 21 heavy (non-hydrogen) atoms. The minimum Gasteiger partial charge on any atom is -0.381 e. The third kappa shape index (κ3) is 4.01. The van der Waals surface area contributed by atoms with Gasteiger partial charge in [-0.25, -0.2) is 4.68 Å². The summed E-state index contributed by atoms with van der Waals surface area (Å²) in [5.74, 6) is 0. The van der Waals surface area contributed by atoms with E-state index in [1.54, 1.807) is 17.1 Å². The van der Waals surface area contributed by atoms with Crippen LogP contribution in [0, 0.1) is 0 Å². The molecule has 0 aliphatic rings. The molecule has 0 aliphatic heterocycles. The molecule has 2 aromatic rings. The molecule has 0 unspecified atom stereocenters. The summed E-state index contributed by atoms with van der Waals surface area (Å²) in [6.45, 7) is 11.4. The Labute approximate surface area is 126 Å². The summed E-state index contributed by atoms with van der Waals surface area (Å²) >= 11 is 0. The van der Waals surface area contributed by atoms with Crippen molar-refractivity contribution in [3.05, 3.63) is 30.4 Å². The minimum absolute atomic E-state index is 0.352. The Morgan fingerprint density at radius 1 is 1.29 bits per heavy atom. The van der Waals surface area contributed by atoms with E-state index in [1.807, 2.05) is 12.3 Å². The fourth-order valence-electron chi connectivity index (χ4n) is 2.17. The van der Waals surface area contributed by atoms with E-state index in [0.717, 1.165) is 36.7 Å². The molecule has 114 valence electrons. The first-order chi connectivity index (χ1) is 10.1. The number of pyridine rings is 1. The van der Waals surface area contributed by atoms with Crippen LogP contribution in [0.2, 0.25) is 0 Å². The highest BCUT2D eigenvalue weighted by Gasteiger charge is 2.10. The van der Waals surface area contributed by atoms with Gasteiger partial charge in [-0.3, -0.25) is 9.88 Å². The molecule has 0 radical (unpaired) electrons. The van der Waals surface area contributed by atoms with E-state index in [0.29, 0.717) is 6.04 Å². The van der Waals surface area contributed by atoms with Crippen LogP contribution in [0.3, 0.4) is 0 Å². The second-order valence-corrected chi connectivity index (χ2v) is 5.31. The molecule has 0 bridgehead atoms. The lowest BCUT2D eigenvalue weighted by atomic mass is 10.3. The molecule has 2 heterocycles. The summed E-state index contributed by atoms with van der Waals surface area (Å²) in [5.41, 5.74) is 2.90. The molecule has 0 spiro atoms. The van der Waals surface area contributed by atoms with Crippen LogP contribution in [-0.4, -0.2) is 44.0 Å². The SMILES string of the molecule is CCN(CC)Cc1cn(-c2cnccc2NC(C)C)nn1. The highest BCUT2D eigenvalue weighted by molar-refractivity contribution is 5.59. The monoisotopic (exact) mass is 288 g/mol. The Balaban J connectivity index is 2.21. The molecule has 2 aromatic heterocycles. The van der Waals surface area contributed by atoms with Gasteiger partial charge >= 0.3 is 0 Å². The molecule has 0 amide bonds. The average Bonchev–Trinajstić information content (AvgIpc) is 2.93. The predicted molar refractivity (Wildman–Crippen MR) is 84.5 cm³/mol. The Bertz CT molecular complexity index is 559. The summed E-state index contributed by atoms with van der Waals surface area (Å²) in [6, 6.07) is 2.31. The summed E-state index contributed by atoms with van der Waals surface area (Å²) in [4.78, 5) is 6.50. The number of rotatable bonds is 7. The lowest BCUT2D eigenvalue weighted by Gasteiger charge is -2.15. The zero-order valence-electron chi connectivity index (χ0n) is 13.2. The molecule has 2 rings (SSSR count). The van der Waals surface area contributed by atoms with E-state index in [9.17, 15) is 0 Å². The topological polar surface area (TPSA) is 58.9 Å². The maximum atomic E-state index is 4.26. The third-order valence-corrected chi connectivity index (χ3v) is 3.31. The van der Waals surface area contributed by atoms with Gasteiger partial charge in [0.15, 0.2) is 0 Å². The van der Waals surface area contributed by atoms with Gasteiger partial charge in [-0.05, 0) is 33.0 Å².